The topological polar surface area (TPSA) is 66.8 Å². The zero-order valence-electron chi connectivity index (χ0n) is 14.6. The van der Waals surface area contributed by atoms with E-state index in [0.717, 1.165) is 24.3 Å². The highest BCUT2D eigenvalue weighted by molar-refractivity contribution is 5.98. The Kier molecular flexibility index (Phi) is 5.37. The fraction of sp³-hybridized carbons (Fsp3) is 0.238. The van der Waals surface area contributed by atoms with Crippen molar-refractivity contribution in [1.82, 2.24) is 0 Å². The zero-order valence-corrected chi connectivity index (χ0v) is 14.6. The van der Waals surface area contributed by atoms with Crippen molar-refractivity contribution in [1.29, 1.82) is 0 Å². The molecule has 0 saturated heterocycles. The molecule has 5 heteroatoms. The van der Waals surface area contributed by atoms with Gasteiger partial charge in [-0.15, -0.1) is 0 Å². The molecule has 1 aliphatic heterocycles. The Morgan fingerprint density at radius 3 is 2.23 bits per heavy atom. The quantitative estimate of drug-likeness (QED) is 0.636. The van der Waals surface area contributed by atoms with E-state index in [4.69, 9.17) is 9.84 Å². The lowest BCUT2D eigenvalue weighted by molar-refractivity contribution is -0.142. The predicted molar refractivity (Wildman–Crippen MR) is 99.6 cm³/mol. The van der Waals surface area contributed by atoms with Crippen molar-refractivity contribution < 1.29 is 19.4 Å². The predicted octanol–water partition coefficient (Wildman–Crippen LogP) is 3.63. The second kappa shape index (κ2) is 7.87. The fourth-order valence-corrected chi connectivity index (χ4v) is 3.07. The van der Waals surface area contributed by atoms with Gasteiger partial charge < -0.3 is 14.7 Å². The normalized spacial score (nSPS) is 13.4. The molecule has 26 heavy (non-hydrogen) atoms. The van der Waals surface area contributed by atoms with Crippen LogP contribution in [0.4, 0.5) is 5.69 Å². The average Bonchev–Trinajstić information content (AvgIpc) is 3.06. The Balaban J connectivity index is 1.76. The summed E-state index contributed by atoms with van der Waals surface area (Å²) >= 11 is 0. The molecular formula is C21H21NO4. The van der Waals surface area contributed by atoms with Crippen LogP contribution in [0.1, 0.15) is 30.0 Å². The van der Waals surface area contributed by atoms with E-state index in [1.807, 2.05) is 24.3 Å². The number of fused-ring (bicyclic) bond motifs is 1. The van der Waals surface area contributed by atoms with Crippen LogP contribution in [0, 0.1) is 0 Å². The number of esters is 1. The van der Waals surface area contributed by atoms with E-state index in [1.54, 1.807) is 13.0 Å². The second-order valence-electron chi connectivity index (χ2n) is 6.18. The van der Waals surface area contributed by atoms with Gasteiger partial charge in [-0.05, 0) is 41.8 Å². The molecule has 1 heterocycles. The summed E-state index contributed by atoms with van der Waals surface area (Å²) in [5, 5.41) is 9.00. The maximum atomic E-state index is 11.9. The number of carbonyl (C=O) groups is 2. The third-order valence-electron chi connectivity index (χ3n) is 4.32. The van der Waals surface area contributed by atoms with Gasteiger partial charge in [0.15, 0.2) is 0 Å². The molecule has 0 atom stereocenters. The smallest absolute Gasteiger partial charge is 0.334 e. The minimum Gasteiger partial charge on any atom is -0.481 e. The highest BCUT2D eigenvalue weighted by Gasteiger charge is 2.18. The van der Waals surface area contributed by atoms with E-state index in [9.17, 15) is 9.59 Å². The molecule has 2 aromatic carbocycles. The molecule has 0 aliphatic carbocycles. The monoisotopic (exact) mass is 351 g/mol. The standard InChI is InChI=1S/C21H21NO4/c1-2-26-21(25)18(12-20(23)24)11-15-7-9-19(10-8-15)22-13-16-5-3-4-6-17(16)14-22/h3-11H,2,12-14H2,1H3,(H,23,24)/b18-11+. The van der Waals surface area contributed by atoms with Gasteiger partial charge in [-0.25, -0.2) is 4.79 Å². The Bertz CT molecular complexity index is 814. The lowest BCUT2D eigenvalue weighted by Gasteiger charge is -2.17. The fourth-order valence-electron chi connectivity index (χ4n) is 3.07. The van der Waals surface area contributed by atoms with Crippen LogP contribution in [0.5, 0.6) is 0 Å². The van der Waals surface area contributed by atoms with Gasteiger partial charge in [0.1, 0.15) is 0 Å². The first-order chi connectivity index (χ1) is 12.6. The Morgan fingerprint density at radius 1 is 1.08 bits per heavy atom. The van der Waals surface area contributed by atoms with Crippen molar-refractivity contribution in [2.24, 2.45) is 0 Å². The number of carboxylic acids is 1. The van der Waals surface area contributed by atoms with E-state index >= 15 is 0 Å². The lowest BCUT2D eigenvalue weighted by atomic mass is 10.1. The Labute approximate surface area is 152 Å². The van der Waals surface area contributed by atoms with Gasteiger partial charge in [0, 0.05) is 24.4 Å². The number of anilines is 1. The number of nitrogens with zero attached hydrogens (tertiary/aromatic N) is 1. The molecule has 0 saturated carbocycles. The van der Waals surface area contributed by atoms with Crippen molar-refractivity contribution >= 4 is 23.7 Å². The Morgan fingerprint density at radius 2 is 1.69 bits per heavy atom. The molecule has 0 bridgehead atoms. The summed E-state index contributed by atoms with van der Waals surface area (Å²) in [7, 11) is 0. The summed E-state index contributed by atoms with van der Waals surface area (Å²) in [5.41, 5.74) is 4.68. The van der Waals surface area contributed by atoms with Gasteiger partial charge in [0.05, 0.1) is 13.0 Å². The summed E-state index contributed by atoms with van der Waals surface area (Å²) in [6.07, 6.45) is 1.22. The van der Waals surface area contributed by atoms with Crippen LogP contribution in [0.3, 0.4) is 0 Å². The molecule has 3 rings (SSSR count). The van der Waals surface area contributed by atoms with Gasteiger partial charge in [-0.1, -0.05) is 36.4 Å². The molecule has 0 unspecified atom stereocenters. The molecule has 1 aliphatic rings. The van der Waals surface area contributed by atoms with Crippen LogP contribution >= 0.6 is 0 Å². The van der Waals surface area contributed by atoms with Crippen LogP contribution in [0.15, 0.2) is 54.1 Å². The Hall–Kier alpha value is -3.08. The minimum absolute atomic E-state index is 0.140. The first kappa shape index (κ1) is 17.7. The van der Waals surface area contributed by atoms with Crippen LogP contribution in [-0.4, -0.2) is 23.7 Å². The summed E-state index contributed by atoms with van der Waals surface area (Å²) in [5.74, 6) is -1.65. The maximum absolute atomic E-state index is 11.9. The van der Waals surface area contributed by atoms with Crippen molar-refractivity contribution in [3.05, 3.63) is 70.8 Å². The number of benzene rings is 2. The van der Waals surface area contributed by atoms with Crippen molar-refractivity contribution in [3.8, 4) is 0 Å². The molecule has 2 aromatic rings. The number of aliphatic carboxylic acids is 1. The highest BCUT2D eigenvalue weighted by atomic mass is 16.5. The number of carbonyl (C=O) groups excluding carboxylic acids is 1. The lowest BCUT2D eigenvalue weighted by Crippen LogP contribution is -2.14. The van der Waals surface area contributed by atoms with E-state index < -0.39 is 11.9 Å². The van der Waals surface area contributed by atoms with Gasteiger partial charge in [-0.2, -0.15) is 0 Å². The SMILES string of the molecule is CCOC(=O)/C(=C/c1ccc(N2Cc3ccccc3C2)cc1)CC(=O)O. The van der Waals surface area contributed by atoms with Crippen LogP contribution in [0.25, 0.3) is 6.08 Å². The largest absolute Gasteiger partial charge is 0.481 e. The number of ether oxygens (including phenoxy) is 1. The van der Waals surface area contributed by atoms with Crippen molar-refractivity contribution in [3.63, 3.8) is 0 Å². The number of hydrogen-bond donors (Lipinski definition) is 1. The van der Waals surface area contributed by atoms with Crippen LogP contribution in [0.2, 0.25) is 0 Å². The summed E-state index contributed by atoms with van der Waals surface area (Å²) < 4.78 is 4.94. The molecule has 1 N–H and O–H groups in total. The van der Waals surface area contributed by atoms with Crippen LogP contribution < -0.4 is 4.90 Å². The van der Waals surface area contributed by atoms with E-state index in [0.29, 0.717) is 0 Å². The first-order valence-electron chi connectivity index (χ1n) is 8.58. The third-order valence-corrected chi connectivity index (χ3v) is 4.32. The van der Waals surface area contributed by atoms with Gasteiger partial charge in [0.2, 0.25) is 0 Å². The summed E-state index contributed by atoms with van der Waals surface area (Å²) in [4.78, 5) is 25.2. The van der Waals surface area contributed by atoms with E-state index in [-0.39, 0.29) is 18.6 Å². The molecule has 0 amide bonds. The maximum Gasteiger partial charge on any atom is 0.334 e. The number of carboxylic acid groups (broad SMARTS) is 1. The van der Waals surface area contributed by atoms with Crippen molar-refractivity contribution in [2.45, 2.75) is 26.4 Å². The number of hydrogen-bond acceptors (Lipinski definition) is 4. The zero-order chi connectivity index (χ0) is 18.5. The third kappa shape index (κ3) is 4.11. The number of rotatable bonds is 6. The second-order valence-corrected chi connectivity index (χ2v) is 6.18. The van der Waals surface area contributed by atoms with Gasteiger partial charge in [0.25, 0.3) is 0 Å². The molecule has 0 fully saturated rings. The molecule has 5 nitrogen and oxygen atoms in total. The molecule has 0 aromatic heterocycles. The minimum atomic E-state index is -1.06. The molecular weight excluding hydrogens is 330 g/mol. The highest BCUT2D eigenvalue weighted by Crippen LogP contribution is 2.28. The first-order valence-corrected chi connectivity index (χ1v) is 8.58. The average molecular weight is 351 g/mol. The summed E-state index contributed by atoms with van der Waals surface area (Å²) in [6, 6.07) is 16.1. The van der Waals surface area contributed by atoms with E-state index in [1.165, 1.54) is 11.1 Å². The van der Waals surface area contributed by atoms with Gasteiger partial charge in [-0.3, -0.25) is 4.79 Å². The van der Waals surface area contributed by atoms with Crippen molar-refractivity contribution in [2.75, 3.05) is 11.5 Å². The summed E-state index contributed by atoms with van der Waals surface area (Å²) in [6.45, 7) is 3.65. The van der Waals surface area contributed by atoms with Crippen LogP contribution in [-0.2, 0) is 27.4 Å². The molecule has 134 valence electrons. The van der Waals surface area contributed by atoms with E-state index in [2.05, 4.69) is 29.2 Å². The van der Waals surface area contributed by atoms with Gasteiger partial charge >= 0.3 is 11.9 Å². The molecule has 0 spiro atoms. The molecule has 0 radical (unpaired) electrons.